The molecule has 0 N–H and O–H groups in total. The Balaban J connectivity index is 2.47. The van der Waals surface area contributed by atoms with E-state index in [4.69, 9.17) is 0 Å². The highest BCUT2D eigenvalue weighted by atomic mass is 32.2. The van der Waals surface area contributed by atoms with Gasteiger partial charge in [0.1, 0.15) is 0 Å². The van der Waals surface area contributed by atoms with Gasteiger partial charge in [0, 0.05) is 11.4 Å². The average Bonchev–Trinajstić information content (AvgIpc) is 2.46. The predicted molar refractivity (Wildman–Crippen MR) is 94.3 cm³/mol. The maximum absolute atomic E-state index is 12.9. The number of nitrogens with zero attached hydrogens (tertiary/aromatic N) is 1. The van der Waals surface area contributed by atoms with E-state index in [0.717, 1.165) is 16.0 Å². The molecule has 5 heteroatoms. The molecule has 2 aromatic carbocycles. The fourth-order valence-electron chi connectivity index (χ4n) is 2.46. The zero-order valence-electron chi connectivity index (χ0n) is 13.3. The van der Waals surface area contributed by atoms with Gasteiger partial charge in [-0.05, 0) is 74.6 Å². The fourth-order valence-corrected chi connectivity index (χ4v) is 4.33. The van der Waals surface area contributed by atoms with Gasteiger partial charge >= 0.3 is 0 Å². The maximum atomic E-state index is 12.9. The van der Waals surface area contributed by atoms with E-state index in [2.05, 4.69) is 0 Å². The first-order chi connectivity index (χ1) is 10.4. The number of hydrogen-bond acceptors (Lipinski definition) is 3. The van der Waals surface area contributed by atoms with E-state index in [1.54, 1.807) is 23.9 Å². The highest BCUT2D eigenvalue weighted by molar-refractivity contribution is 7.98. The molecule has 0 unspecified atom stereocenters. The van der Waals surface area contributed by atoms with Crippen LogP contribution in [0.4, 0.5) is 5.69 Å². The van der Waals surface area contributed by atoms with Crippen molar-refractivity contribution in [3.63, 3.8) is 0 Å². The number of thioether (sulfide) groups is 1. The smallest absolute Gasteiger partial charge is 0.264 e. The molecule has 0 fully saturated rings. The minimum atomic E-state index is -3.54. The first-order valence-corrected chi connectivity index (χ1v) is 9.80. The van der Waals surface area contributed by atoms with Gasteiger partial charge in [-0.15, -0.1) is 11.8 Å². The van der Waals surface area contributed by atoms with Crippen LogP contribution in [0.1, 0.15) is 18.1 Å². The van der Waals surface area contributed by atoms with E-state index in [9.17, 15) is 8.42 Å². The van der Waals surface area contributed by atoms with Crippen LogP contribution < -0.4 is 4.31 Å². The Morgan fingerprint density at radius 3 is 2.00 bits per heavy atom. The summed E-state index contributed by atoms with van der Waals surface area (Å²) in [5.41, 5.74) is 2.83. The highest BCUT2D eigenvalue weighted by Gasteiger charge is 2.23. The number of hydrogen-bond donors (Lipinski definition) is 0. The van der Waals surface area contributed by atoms with Crippen molar-refractivity contribution in [3.05, 3.63) is 53.6 Å². The Hall–Kier alpha value is -1.46. The molecule has 0 aliphatic carbocycles. The SMILES string of the molecule is CCN(c1cc(C)cc(C)c1)S(=O)(=O)c1ccc(SC)cc1. The molecule has 22 heavy (non-hydrogen) atoms. The molecule has 0 aromatic heterocycles. The lowest BCUT2D eigenvalue weighted by Gasteiger charge is -2.24. The Morgan fingerprint density at radius 2 is 1.55 bits per heavy atom. The number of sulfonamides is 1. The van der Waals surface area contributed by atoms with Crippen molar-refractivity contribution >= 4 is 27.5 Å². The van der Waals surface area contributed by atoms with Crippen LogP contribution in [-0.2, 0) is 10.0 Å². The topological polar surface area (TPSA) is 37.4 Å². The first-order valence-electron chi connectivity index (χ1n) is 7.13. The van der Waals surface area contributed by atoms with Gasteiger partial charge in [-0.25, -0.2) is 8.42 Å². The third kappa shape index (κ3) is 3.47. The maximum Gasteiger partial charge on any atom is 0.264 e. The second-order valence-electron chi connectivity index (χ2n) is 5.19. The third-order valence-electron chi connectivity index (χ3n) is 3.43. The summed E-state index contributed by atoms with van der Waals surface area (Å²) in [4.78, 5) is 1.37. The Kier molecular flexibility index (Phi) is 5.19. The number of aryl methyl sites for hydroxylation is 2. The van der Waals surface area contributed by atoms with Gasteiger partial charge in [-0.1, -0.05) is 6.07 Å². The second kappa shape index (κ2) is 6.75. The quantitative estimate of drug-likeness (QED) is 0.767. The van der Waals surface area contributed by atoms with Gasteiger partial charge in [0.05, 0.1) is 10.6 Å². The lowest BCUT2D eigenvalue weighted by Crippen LogP contribution is -2.30. The van der Waals surface area contributed by atoms with Gasteiger partial charge in [0.2, 0.25) is 0 Å². The molecule has 3 nitrogen and oxygen atoms in total. The minimum Gasteiger partial charge on any atom is -0.267 e. The lowest BCUT2D eigenvalue weighted by atomic mass is 10.1. The molecule has 2 aromatic rings. The molecule has 0 atom stereocenters. The van der Waals surface area contributed by atoms with E-state index < -0.39 is 10.0 Å². The van der Waals surface area contributed by atoms with Crippen molar-refractivity contribution in [1.29, 1.82) is 0 Å². The molecule has 0 saturated heterocycles. The normalized spacial score (nSPS) is 11.5. The van der Waals surface area contributed by atoms with Crippen molar-refractivity contribution in [3.8, 4) is 0 Å². The molecule has 0 aliphatic rings. The van der Waals surface area contributed by atoms with E-state index >= 15 is 0 Å². The van der Waals surface area contributed by atoms with Crippen LogP contribution in [0.25, 0.3) is 0 Å². The second-order valence-corrected chi connectivity index (χ2v) is 7.93. The summed E-state index contributed by atoms with van der Waals surface area (Å²) in [6.07, 6.45) is 1.97. The molecule has 118 valence electrons. The van der Waals surface area contributed by atoms with E-state index in [0.29, 0.717) is 17.1 Å². The van der Waals surface area contributed by atoms with Crippen LogP contribution in [0.3, 0.4) is 0 Å². The molecule has 0 radical (unpaired) electrons. The number of rotatable bonds is 5. The zero-order valence-corrected chi connectivity index (χ0v) is 15.0. The standard InChI is InChI=1S/C17H21NO2S2/c1-5-18(15-11-13(2)10-14(3)12-15)22(19,20)17-8-6-16(21-4)7-9-17/h6-12H,5H2,1-4H3. The van der Waals surface area contributed by atoms with Gasteiger partial charge in [0.15, 0.2) is 0 Å². The molecule has 0 saturated carbocycles. The molecule has 0 bridgehead atoms. The third-order valence-corrected chi connectivity index (χ3v) is 6.09. The molecule has 2 rings (SSSR count). The van der Waals surface area contributed by atoms with Crippen LogP contribution in [0.5, 0.6) is 0 Å². The van der Waals surface area contributed by atoms with Crippen LogP contribution in [0.15, 0.2) is 52.3 Å². The van der Waals surface area contributed by atoms with E-state index in [1.165, 1.54) is 4.31 Å². The number of benzene rings is 2. The average molecular weight is 335 g/mol. The Morgan fingerprint density at radius 1 is 1.00 bits per heavy atom. The Bertz CT molecular complexity index is 732. The molecule has 0 amide bonds. The van der Waals surface area contributed by atoms with Crippen LogP contribution in [0, 0.1) is 13.8 Å². The lowest BCUT2D eigenvalue weighted by molar-refractivity contribution is 0.592. The van der Waals surface area contributed by atoms with Crippen LogP contribution in [-0.4, -0.2) is 21.2 Å². The van der Waals surface area contributed by atoms with Crippen LogP contribution in [0.2, 0.25) is 0 Å². The first kappa shape index (κ1) is 16.9. The van der Waals surface area contributed by atoms with Crippen molar-refractivity contribution < 1.29 is 8.42 Å². The zero-order chi connectivity index (χ0) is 16.3. The molecular weight excluding hydrogens is 314 g/mol. The monoisotopic (exact) mass is 335 g/mol. The van der Waals surface area contributed by atoms with Gasteiger partial charge in [0.25, 0.3) is 10.0 Å². The van der Waals surface area contributed by atoms with Crippen molar-refractivity contribution in [1.82, 2.24) is 0 Å². The minimum absolute atomic E-state index is 0.325. The fraction of sp³-hybridized carbons (Fsp3) is 0.294. The van der Waals surface area contributed by atoms with Crippen LogP contribution >= 0.6 is 11.8 Å². The van der Waals surface area contributed by atoms with Gasteiger partial charge < -0.3 is 0 Å². The summed E-state index contributed by atoms with van der Waals surface area (Å²) in [5, 5.41) is 0. The molecular formula is C17H21NO2S2. The summed E-state index contributed by atoms with van der Waals surface area (Å²) in [6, 6.07) is 12.9. The summed E-state index contributed by atoms with van der Waals surface area (Å²) < 4.78 is 27.3. The van der Waals surface area contributed by atoms with Gasteiger partial charge in [-0.3, -0.25) is 4.31 Å². The van der Waals surface area contributed by atoms with Crippen molar-refractivity contribution in [2.75, 3.05) is 17.1 Å². The molecule has 0 spiro atoms. The molecule has 0 heterocycles. The summed E-state index contributed by atoms with van der Waals surface area (Å²) in [5.74, 6) is 0. The van der Waals surface area contributed by atoms with Crippen molar-refractivity contribution in [2.24, 2.45) is 0 Å². The number of anilines is 1. The Labute approximate surface area is 137 Å². The summed E-state index contributed by atoms with van der Waals surface area (Å²) in [7, 11) is -3.54. The summed E-state index contributed by atoms with van der Waals surface area (Å²) in [6.45, 7) is 6.20. The largest absolute Gasteiger partial charge is 0.267 e. The van der Waals surface area contributed by atoms with Gasteiger partial charge in [-0.2, -0.15) is 0 Å². The van der Waals surface area contributed by atoms with E-state index in [-0.39, 0.29) is 0 Å². The summed E-state index contributed by atoms with van der Waals surface area (Å²) >= 11 is 1.59. The molecule has 0 aliphatic heterocycles. The van der Waals surface area contributed by atoms with Crippen molar-refractivity contribution in [2.45, 2.75) is 30.6 Å². The van der Waals surface area contributed by atoms with E-state index in [1.807, 2.05) is 57.4 Å². The predicted octanol–water partition coefficient (Wildman–Crippen LogP) is 4.24. The highest BCUT2D eigenvalue weighted by Crippen LogP contribution is 2.26.